The van der Waals surface area contributed by atoms with Gasteiger partial charge in [-0.25, -0.2) is 4.39 Å². The van der Waals surface area contributed by atoms with Crippen molar-refractivity contribution in [3.05, 3.63) is 63.9 Å². The van der Waals surface area contributed by atoms with Crippen LogP contribution in [0.4, 0.5) is 4.39 Å². The Labute approximate surface area is 179 Å². The van der Waals surface area contributed by atoms with Gasteiger partial charge in [-0.2, -0.15) is 0 Å². The van der Waals surface area contributed by atoms with E-state index in [1.165, 1.54) is 29.2 Å². The van der Waals surface area contributed by atoms with Crippen molar-refractivity contribution in [2.45, 2.75) is 39.4 Å². The van der Waals surface area contributed by atoms with Crippen molar-refractivity contribution in [2.75, 3.05) is 6.61 Å². The SMILES string of the molecule is CC(C)NC(=O)[C@@H](C)N(Cc1ccc(Cl)cc1Cl)C(=O)COc1ccc(F)cc1. The summed E-state index contributed by atoms with van der Waals surface area (Å²) >= 11 is 12.2. The molecule has 0 aliphatic heterocycles. The number of rotatable bonds is 8. The molecule has 0 spiro atoms. The Balaban J connectivity index is 2.18. The lowest BCUT2D eigenvalue weighted by Crippen LogP contribution is -2.50. The summed E-state index contributed by atoms with van der Waals surface area (Å²) in [6, 6.07) is 9.46. The first-order valence-corrected chi connectivity index (χ1v) is 9.85. The molecule has 0 heterocycles. The van der Waals surface area contributed by atoms with Gasteiger partial charge in [0.25, 0.3) is 5.91 Å². The number of halogens is 3. The predicted octanol–water partition coefficient (Wildman–Crippen LogP) is 4.45. The second-order valence-electron chi connectivity index (χ2n) is 6.84. The van der Waals surface area contributed by atoms with Crippen molar-refractivity contribution in [1.82, 2.24) is 10.2 Å². The van der Waals surface area contributed by atoms with Crippen LogP contribution < -0.4 is 10.1 Å². The van der Waals surface area contributed by atoms with Crippen LogP contribution in [0, 0.1) is 5.82 Å². The molecule has 2 aromatic rings. The standard InChI is InChI=1S/C21H23Cl2FN2O3/c1-13(2)25-21(28)14(3)26(11-15-4-5-16(22)10-19(15)23)20(27)12-29-18-8-6-17(24)7-9-18/h4-10,13-14H,11-12H2,1-3H3,(H,25,28)/t14-/m1/s1. The van der Waals surface area contributed by atoms with Crippen LogP contribution in [0.3, 0.4) is 0 Å². The molecule has 0 radical (unpaired) electrons. The highest BCUT2D eigenvalue weighted by Gasteiger charge is 2.27. The fourth-order valence-electron chi connectivity index (χ4n) is 2.58. The van der Waals surface area contributed by atoms with E-state index in [1.54, 1.807) is 25.1 Å². The fraction of sp³-hybridized carbons (Fsp3) is 0.333. The summed E-state index contributed by atoms with van der Waals surface area (Å²) in [6.07, 6.45) is 0. The van der Waals surface area contributed by atoms with Gasteiger partial charge in [0.05, 0.1) is 0 Å². The number of hydrogen-bond donors (Lipinski definition) is 1. The average molecular weight is 441 g/mol. The Morgan fingerprint density at radius 1 is 1.10 bits per heavy atom. The van der Waals surface area contributed by atoms with E-state index in [0.29, 0.717) is 21.4 Å². The highest BCUT2D eigenvalue weighted by Crippen LogP contribution is 2.23. The molecule has 29 heavy (non-hydrogen) atoms. The van der Waals surface area contributed by atoms with Crippen LogP contribution in [0.2, 0.25) is 10.0 Å². The molecular formula is C21H23Cl2FN2O3. The highest BCUT2D eigenvalue weighted by atomic mass is 35.5. The number of carbonyl (C=O) groups excluding carboxylic acids is 2. The minimum absolute atomic E-state index is 0.0727. The minimum atomic E-state index is -0.756. The molecule has 1 atom stereocenters. The van der Waals surface area contributed by atoms with Gasteiger partial charge in [-0.15, -0.1) is 0 Å². The molecule has 0 unspecified atom stereocenters. The van der Waals surface area contributed by atoms with Crippen molar-refractivity contribution in [3.63, 3.8) is 0 Å². The lowest BCUT2D eigenvalue weighted by Gasteiger charge is -2.29. The zero-order valence-corrected chi connectivity index (χ0v) is 17.9. The minimum Gasteiger partial charge on any atom is -0.484 e. The summed E-state index contributed by atoms with van der Waals surface area (Å²) in [5.41, 5.74) is 0.649. The Morgan fingerprint density at radius 2 is 1.76 bits per heavy atom. The molecule has 0 aromatic heterocycles. The maximum atomic E-state index is 13.0. The van der Waals surface area contributed by atoms with Crippen LogP contribution in [0.5, 0.6) is 5.75 Å². The zero-order valence-electron chi connectivity index (χ0n) is 16.4. The molecule has 0 aliphatic rings. The first-order chi connectivity index (χ1) is 13.7. The summed E-state index contributed by atoms with van der Waals surface area (Å²) in [4.78, 5) is 26.8. The van der Waals surface area contributed by atoms with E-state index < -0.39 is 17.8 Å². The zero-order chi connectivity index (χ0) is 21.6. The van der Waals surface area contributed by atoms with E-state index in [0.717, 1.165) is 0 Å². The lowest BCUT2D eigenvalue weighted by molar-refractivity contribution is -0.142. The van der Waals surface area contributed by atoms with E-state index in [2.05, 4.69) is 5.32 Å². The lowest BCUT2D eigenvalue weighted by atomic mass is 10.1. The molecule has 0 bridgehead atoms. The molecule has 2 amide bonds. The first kappa shape index (κ1) is 23.0. The molecule has 5 nitrogen and oxygen atoms in total. The van der Waals surface area contributed by atoms with Crippen molar-refractivity contribution < 1.29 is 18.7 Å². The highest BCUT2D eigenvalue weighted by molar-refractivity contribution is 6.35. The molecule has 156 valence electrons. The fourth-order valence-corrected chi connectivity index (χ4v) is 3.05. The van der Waals surface area contributed by atoms with E-state index in [1.807, 2.05) is 13.8 Å². The Morgan fingerprint density at radius 3 is 2.34 bits per heavy atom. The molecule has 0 fully saturated rings. The monoisotopic (exact) mass is 440 g/mol. The molecule has 0 saturated heterocycles. The van der Waals surface area contributed by atoms with Gasteiger partial charge in [0.15, 0.2) is 6.61 Å². The van der Waals surface area contributed by atoms with Gasteiger partial charge < -0.3 is 15.0 Å². The number of nitrogens with zero attached hydrogens (tertiary/aromatic N) is 1. The van der Waals surface area contributed by atoms with Crippen molar-refractivity contribution in [1.29, 1.82) is 0 Å². The molecule has 2 rings (SSSR count). The van der Waals surface area contributed by atoms with E-state index in [-0.39, 0.29) is 25.1 Å². The summed E-state index contributed by atoms with van der Waals surface area (Å²) < 4.78 is 18.5. The summed E-state index contributed by atoms with van der Waals surface area (Å²) in [5.74, 6) is -0.753. The van der Waals surface area contributed by atoms with Crippen LogP contribution in [-0.4, -0.2) is 35.4 Å². The van der Waals surface area contributed by atoms with Gasteiger partial charge in [-0.05, 0) is 62.7 Å². The Hall–Kier alpha value is -2.31. The van der Waals surface area contributed by atoms with E-state index >= 15 is 0 Å². The second-order valence-corrected chi connectivity index (χ2v) is 7.68. The number of hydrogen-bond acceptors (Lipinski definition) is 3. The molecule has 0 aliphatic carbocycles. The smallest absolute Gasteiger partial charge is 0.261 e. The number of amides is 2. The second kappa shape index (κ2) is 10.5. The Bertz CT molecular complexity index is 860. The number of carbonyl (C=O) groups is 2. The summed E-state index contributed by atoms with van der Waals surface area (Å²) in [5, 5.41) is 3.67. The van der Waals surface area contributed by atoms with E-state index in [9.17, 15) is 14.0 Å². The van der Waals surface area contributed by atoms with Crippen LogP contribution in [0.25, 0.3) is 0 Å². The molecule has 8 heteroatoms. The van der Waals surface area contributed by atoms with Gasteiger partial charge in [0.1, 0.15) is 17.6 Å². The van der Waals surface area contributed by atoms with Gasteiger partial charge in [0, 0.05) is 22.6 Å². The van der Waals surface area contributed by atoms with Crippen molar-refractivity contribution in [2.24, 2.45) is 0 Å². The van der Waals surface area contributed by atoms with Crippen molar-refractivity contribution in [3.8, 4) is 5.75 Å². The topological polar surface area (TPSA) is 58.6 Å². The maximum Gasteiger partial charge on any atom is 0.261 e. The Kier molecular flexibility index (Phi) is 8.29. The third-order valence-electron chi connectivity index (χ3n) is 4.13. The summed E-state index contributed by atoms with van der Waals surface area (Å²) in [7, 11) is 0. The molecule has 2 aromatic carbocycles. The van der Waals surface area contributed by atoms with Gasteiger partial charge in [0.2, 0.25) is 5.91 Å². The van der Waals surface area contributed by atoms with Crippen LogP contribution in [0.1, 0.15) is 26.3 Å². The van der Waals surface area contributed by atoms with Gasteiger partial charge in [-0.1, -0.05) is 29.3 Å². The normalized spacial score (nSPS) is 11.8. The largest absolute Gasteiger partial charge is 0.484 e. The number of benzene rings is 2. The summed E-state index contributed by atoms with van der Waals surface area (Å²) in [6.45, 7) is 5.11. The molecular weight excluding hydrogens is 418 g/mol. The third-order valence-corrected chi connectivity index (χ3v) is 4.72. The van der Waals surface area contributed by atoms with E-state index in [4.69, 9.17) is 27.9 Å². The van der Waals surface area contributed by atoms with Crippen LogP contribution in [-0.2, 0) is 16.1 Å². The van der Waals surface area contributed by atoms with Gasteiger partial charge in [-0.3, -0.25) is 9.59 Å². The predicted molar refractivity (Wildman–Crippen MR) is 112 cm³/mol. The van der Waals surface area contributed by atoms with Crippen LogP contribution in [0.15, 0.2) is 42.5 Å². The first-order valence-electron chi connectivity index (χ1n) is 9.09. The number of nitrogens with one attached hydrogen (secondary N) is 1. The third kappa shape index (κ3) is 6.91. The molecule has 1 N–H and O–H groups in total. The average Bonchev–Trinajstić information content (AvgIpc) is 2.65. The van der Waals surface area contributed by atoms with Gasteiger partial charge >= 0.3 is 0 Å². The quantitative estimate of drug-likeness (QED) is 0.659. The number of ether oxygens (including phenoxy) is 1. The van der Waals surface area contributed by atoms with Crippen LogP contribution >= 0.6 is 23.2 Å². The molecule has 0 saturated carbocycles. The maximum absolute atomic E-state index is 13.0. The van der Waals surface area contributed by atoms with Crippen molar-refractivity contribution >= 4 is 35.0 Å².